The van der Waals surface area contributed by atoms with Crippen molar-refractivity contribution in [3.05, 3.63) is 81.9 Å². The Kier molecular flexibility index (Phi) is 6.29. The molecule has 2 aromatic heterocycles. The van der Waals surface area contributed by atoms with E-state index < -0.39 is 29.3 Å². The monoisotopic (exact) mass is 463 g/mol. The number of carbonyl (C=O) groups excluding carboxylic acids is 2. The van der Waals surface area contributed by atoms with Crippen LogP contribution in [0.25, 0.3) is 11.4 Å². The van der Waals surface area contributed by atoms with Gasteiger partial charge >= 0.3 is 11.9 Å². The Hall–Kier alpha value is -3.52. The van der Waals surface area contributed by atoms with Crippen molar-refractivity contribution in [2.45, 2.75) is 31.2 Å². The maximum atomic E-state index is 13.7. The fourth-order valence-electron chi connectivity index (χ4n) is 4.67. The topological polar surface area (TPSA) is 90.4 Å². The maximum Gasteiger partial charge on any atom is 0.336 e. The van der Waals surface area contributed by atoms with Crippen molar-refractivity contribution in [1.82, 2.24) is 15.3 Å². The number of benzene rings is 1. The molecule has 4 rings (SSSR count). The molecule has 3 aromatic rings. The molecule has 3 heterocycles. The molecular weight excluding hydrogens is 438 g/mol. The number of aromatic nitrogens is 2. The average Bonchev–Trinajstić information content (AvgIpc) is 3.34. The summed E-state index contributed by atoms with van der Waals surface area (Å²) in [6.45, 7) is 3.73. The zero-order valence-corrected chi connectivity index (χ0v) is 19.7. The molecule has 170 valence electrons. The molecule has 1 aliphatic rings. The van der Waals surface area contributed by atoms with Crippen LogP contribution in [0.2, 0.25) is 0 Å². The van der Waals surface area contributed by atoms with E-state index in [1.54, 1.807) is 6.20 Å². The zero-order valence-electron chi connectivity index (χ0n) is 18.9. The predicted molar refractivity (Wildman–Crippen MR) is 126 cm³/mol. The fourth-order valence-corrected chi connectivity index (χ4v) is 5.67. The summed E-state index contributed by atoms with van der Waals surface area (Å²) in [5.74, 6) is -1.70. The molecule has 0 radical (unpaired) electrons. The summed E-state index contributed by atoms with van der Waals surface area (Å²) in [5, 5.41) is 5.83. The molecule has 1 aromatic carbocycles. The van der Waals surface area contributed by atoms with Crippen LogP contribution in [0.1, 0.15) is 30.3 Å². The van der Waals surface area contributed by atoms with Crippen LogP contribution in [0.15, 0.2) is 71.4 Å². The number of allylic oxidation sites excluding steroid dienone is 1. The second-order valence-corrected chi connectivity index (χ2v) is 8.73. The first kappa shape index (κ1) is 22.7. The minimum atomic E-state index is -1.25. The van der Waals surface area contributed by atoms with Crippen molar-refractivity contribution in [3.63, 3.8) is 0 Å². The highest BCUT2D eigenvalue weighted by Crippen LogP contribution is 2.51. The van der Waals surface area contributed by atoms with E-state index in [2.05, 4.69) is 10.3 Å². The molecule has 0 amide bonds. The summed E-state index contributed by atoms with van der Waals surface area (Å²) < 4.78 is 10.5. The Bertz CT molecular complexity index is 1190. The standard InChI is InChI=1S/C25H25N3O4S/c1-15-20(23(29)31-3)21(22-28-19(14-33-22)18-12-8-9-13-26-18)25(16(2)27-15,24(30)32-4)17-10-6-5-7-11-17/h5-14,16,21,27H,1-4H3. The lowest BCUT2D eigenvalue weighted by molar-refractivity contribution is -0.150. The lowest BCUT2D eigenvalue weighted by Gasteiger charge is -2.47. The van der Waals surface area contributed by atoms with E-state index in [0.29, 0.717) is 27.7 Å². The summed E-state index contributed by atoms with van der Waals surface area (Å²) in [6, 6.07) is 14.6. The molecule has 8 heteroatoms. The molecule has 0 saturated carbocycles. The van der Waals surface area contributed by atoms with Gasteiger partial charge in [-0.2, -0.15) is 0 Å². The molecule has 0 bridgehead atoms. The van der Waals surface area contributed by atoms with Gasteiger partial charge in [0.05, 0.1) is 37.1 Å². The molecule has 0 fully saturated rings. The molecule has 0 aliphatic carbocycles. The summed E-state index contributed by atoms with van der Waals surface area (Å²) in [7, 11) is 2.70. The fraction of sp³-hybridized carbons (Fsp3) is 0.280. The SMILES string of the molecule is COC(=O)C1=C(C)NC(C)C(C(=O)OC)(c2ccccc2)C1c1nc(-c2ccccn2)cs1. The largest absolute Gasteiger partial charge is 0.468 e. The molecule has 33 heavy (non-hydrogen) atoms. The van der Waals surface area contributed by atoms with Gasteiger partial charge in [-0.3, -0.25) is 9.78 Å². The highest BCUT2D eigenvalue weighted by molar-refractivity contribution is 7.10. The third-order valence-corrected chi connectivity index (χ3v) is 7.05. The van der Waals surface area contributed by atoms with E-state index in [0.717, 1.165) is 5.56 Å². The second kappa shape index (κ2) is 9.15. The van der Waals surface area contributed by atoms with E-state index >= 15 is 0 Å². The molecule has 3 atom stereocenters. The second-order valence-electron chi connectivity index (χ2n) is 7.84. The molecule has 3 unspecified atom stereocenters. The van der Waals surface area contributed by atoms with Gasteiger partial charge in [-0.1, -0.05) is 36.4 Å². The lowest BCUT2D eigenvalue weighted by atomic mass is 9.61. The van der Waals surface area contributed by atoms with Crippen LogP contribution in [0.4, 0.5) is 0 Å². The molecule has 7 nitrogen and oxygen atoms in total. The van der Waals surface area contributed by atoms with Crippen molar-refractivity contribution >= 4 is 23.3 Å². The normalized spacial score (nSPS) is 22.4. The molecule has 0 saturated heterocycles. The van der Waals surface area contributed by atoms with E-state index in [1.807, 2.05) is 67.8 Å². The lowest BCUT2D eigenvalue weighted by Crippen LogP contribution is -2.60. The summed E-state index contributed by atoms with van der Waals surface area (Å²) in [6.07, 6.45) is 1.70. The van der Waals surface area contributed by atoms with Crippen molar-refractivity contribution < 1.29 is 19.1 Å². The number of pyridine rings is 1. The Morgan fingerprint density at radius 2 is 1.76 bits per heavy atom. The molecule has 1 aliphatic heterocycles. The van der Waals surface area contributed by atoms with Crippen molar-refractivity contribution in [1.29, 1.82) is 0 Å². The number of hydrogen-bond acceptors (Lipinski definition) is 8. The van der Waals surface area contributed by atoms with Gasteiger partial charge in [-0.25, -0.2) is 9.78 Å². The van der Waals surface area contributed by atoms with Crippen LogP contribution in [0, 0.1) is 0 Å². The Labute approximate surface area is 196 Å². The van der Waals surface area contributed by atoms with Gasteiger partial charge in [-0.05, 0) is 31.5 Å². The van der Waals surface area contributed by atoms with Gasteiger partial charge in [0, 0.05) is 23.3 Å². The van der Waals surface area contributed by atoms with Gasteiger partial charge in [0.1, 0.15) is 10.4 Å². The number of thiazole rings is 1. The quantitative estimate of drug-likeness (QED) is 0.575. The van der Waals surface area contributed by atoms with Gasteiger partial charge < -0.3 is 14.8 Å². The van der Waals surface area contributed by atoms with Crippen LogP contribution in [0.5, 0.6) is 0 Å². The highest BCUT2D eigenvalue weighted by atomic mass is 32.1. The summed E-state index contributed by atoms with van der Waals surface area (Å²) >= 11 is 1.38. The zero-order chi connectivity index (χ0) is 23.6. The minimum absolute atomic E-state index is 0.353. The number of methoxy groups -OCH3 is 2. The predicted octanol–water partition coefficient (Wildman–Crippen LogP) is 3.84. The number of nitrogens with zero attached hydrogens (tertiary/aromatic N) is 2. The number of ether oxygens (including phenoxy) is 2. The molecular formula is C25H25N3O4S. The number of hydrogen-bond donors (Lipinski definition) is 1. The Morgan fingerprint density at radius 1 is 1.03 bits per heavy atom. The van der Waals surface area contributed by atoms with Gasteiger partial charge in [-0.15, -0.1) is 11.3 Å². The summed E-state index contributed by atoms with van der Waals surface area (Å²) in [5.41, 5.74) is 1.86. The minimum Gasteiger partial charge on any atom is -0.468 e. The van der Waals surface area contributed by atoms with Crippen LogP contribution in [-0.2, 0) is 24.5 Å². The highest BCUT2D eigenvalue weighted by Gasteiger charge is 2.59. The average molecular weight is 464 g/mol. The molecule has 1 N–H and O–H groups in total. The van der Waals surface area contributed by atoms with E-state index in [9.17, 15) is 9.59 Å². The van der Waals surface area contributed by atoms with E-state index in [4.69, 9.17) is 14.5 Å². The first-order valence-electron chi connectivity index (χ1n) is 10.5. The van der Waals surface area contributed by atoms with Gasteiger partial charge in [0.2, 0.25) is 0 Å². The molecule has 0 spiro atoms. The Balaban J connectivity index is 2.02. The van der Waals surface area contributed by atoms with E-state index in [-0.39, 0.29) is 0 Å². The third-order valence-electron chi connectivity index (χ3n) is 6.14. The van der Waals surface area contributed by atoms with Crippen LogP contribution >= 0.6 is 11.3 Å². The number of nitrogens with one attached hydrogen (secondary N) is 1. The first-order chi connectivity index (χ1) is 15.9. The third kappa shape index (κ3) is 3.70. The van der Waals surface area contributed by atoms with Crippen molar-refractivity contribution in [2.75, 3.05) is 14.2 Å². The van der Waals surface area contributed by atoms with Crippen LogP contribution in [0.3, 0.4) is 0 Å². The number of esters is 2. The van der Waals surface area contributed by atoms with E-state index in [1.165, 1.54) is 25.6 Å². The van der Waals surface area contributed by atoms with Gasteiger partial charge in [0.15, 0.2) is 0 Å². The van der Waals surface area contributed by atoms with Gasteiger partial charge in [0.25, 0.3) is 0 Å². The summed E-state index contributed by atoms with van der Waals surface area (Å²) in [4.78, 5) is 36.0. The van der Waals surface area contributed by atoms with Crippen LogP contribution in [-0.4, -0.2) is 42.2 Å². The Morgan fingerprint density at radius 3 is 2.39 bits per heavy atom. The van der Waals surface area contributed by atoms with Crippen molar-refractivity contribution in [3.8, 4) is 11.4 Å². The van der Waals surface area contributed by atoms with Crippen molar-refractivity contribution in [2.24, 2.45) is 0 Å². The van der Waals surface area contributed by atoms with Crippen LogP contribution < -0.4 is 5.32 Å². The number of rotatable bonds is 5. The first-order valence-corrected chi connectivity index (χ1v) is 11.4. The number of carbonyl (C=O) groups is 2. The maximum absolute atomic E-state index is 13.7. The smallest absolute Gasteiger partial charge is 0.336 e.